The van der Waals surface area contributed by atoms with Crippen LogP contribution in [-0.4, -0.2) is 46.0 Å². The molecule has 2 atom stereocenters. The molecule has 43 heavy (non-hydrogen) atoms. The molecule has 8 rings (SSSR count). The number of carbonyl (C=O) groups excluding carboxylic acids is 2. The highest BCUT2D eigenvalue weighted by atomic mass is 16.7. The summed E-state index contributed by atoms with van der Waals surface area (Å²) in [5.41, 5.74) is 5.92. The second-order valence-corrected chi connectivity index (χ2v) is 11.2. The van der Waals surface area contributed by atoms with Crippen LogP contribution in [0.3, 0.4) is 0 Å². The van der Waals surface area contributed by atoms with Crippen LogP contribution < -0.4 is 14.2 Å². The van der Waals surface area contributed by atoms with Gasteiger partial charge in [-0.1, -0.05) is 66.7 Å². The lowest BCUT2D eigenvalue weighted by molar-refractivity contribution is -0.159. The van der Waals surface area contributed by atoms with E-state index in [1.54, 1.807) is 9.80 Å². The Morgan fingerprint density at radius 3 is 2.49 bits per heavy atom. The fourth-order valence-electron chi connectivity index (χ4n) is 6.54. The van der Waals surface area contributed by atoms with Crippen LogP contribution in [0, 0.1) is 0 Å². The molecule has 3 aliphatic heterocycles. The summed E-state index contributed by atoms with van der Waals surface area (Å²) in [4.78, 5) is 35.1. The Labute approximate surface area is 248 Å². The average Bonchev–Trinajstić information content (AvgIpc) is 3.67. The second kappa shape index (κ2) is 10.2. The van der Waals surface area contributed by atoms with E-state index in [-0.39, 0.29) is 25.2 Å². The fraction of sp³-hybridized carbons (Fsp3) is 0.200. The lowest BCUT2D eigenvalue weighted by atomic mass is 9.86. The average molecular weight is 572 g/mol. The molecule has 2 amide bonds. The first-order valence-electron chi connectivity index (χ1n) is 14.5. The molecule has 1 saturated heterocycles. The van der Waals surface area contributed by atoms with Crippen molar-refractivity contribution in [3.05, 3.63) is 125 Å². The van der Waals surface area contributed by atoms with E-state index < -0.39 is 12.1 Å². The van der Waals surface area contributed by atoms with Crippen LogP contribution in [-0.2, 0) is 29.2 Å². The third-order valence-corrected chi connectivity index (χ3v) is 8.60. The lowest BCUT2D eigenvalue weighted by Crippen LogP contribution is -2.62. The maximum absolute atomic E-state index is 14.1. The third-order valence-electron chi connectivity index (χ3n) is 8.60. The molecule has 0 radical (unpaired) electrons. The Morgan fingerprint density at radius 1 is 0.837 bits per heavy atom. The van der Waals surface area contributed by atoms with Crippen molar-refractivity contribution < 1.29 is 23.8 Å². The van der Waals surface area contributed by atoms with Crippen molar-refractivity contribution in [3.63, 3.8) is 0 Å². The van der Waals surface area contributed by atoms with Gasteiger partial charge in [0.05, 0.1) is 6.04 Å². The van der Waals surface area contributed by atoms with E-state index >= 15 is 0 Å². The molecule has 214 valence electrons. The predicted molar refractivity (Wildman–Crippen MR) is 160 cm³/mol. The van der Waals surface area contributed by atoms with Gasteiger partial charge in [-0.2, -0.15) is 0 Å². The minimum Gasteiger partial charge on any atom is -0.489 e. The summed E-state index contributed by atoms with van der Waals surface area (Å²) in [7, 11) is 0. The number of nitrogens with zero attached hydrogens (tertiary/aromatic N) is 2. The number of carbonyl (C=O) groups is 2. The van der Waals surface area contributed by atoms with E-state index in [0.29, 0.717) is 31.1 Å². The van der Waals surface area contributed by atoms with Crippen LogP contribution in [0.1, 0.15) is 34.0 Å². The van der Waals surface area contributed by atoms with Gasteiger partial charge >= 0.3 is 0 Å². The van der Waals surface area contributed by atoms with Crippen LogP contribution in [0.15, 0.2) is 97.1 Å². The maximum atomic E-state index is 14.1. The number of para-hydroxylation sites is 1. The van der Waals surface area contributed by atoms with E-state index in [4.69, 9.17) is 14.2 Å². The highest BCUT2D eigenvalue weighted by Gasteiger charge is 2.48. The van der Waals surface area contributed by atoms with Crippen molar-refractivity contribution in [2.45, 2.75) is 31.7 Å². The number of nitrogens with one attached hydrogen (secondary N) is 1. The van der Waals surface area contributed by atoms with Gasteiger partial charge < -0.3 is 29.0 Å². The number of H-pyrrole nitrogens is 1. The van der Waals surface area contributed by atoms with Gasteiger partial charge in [0.25, 0.3) is 0 Å². The topological polar surface area (TPSA) is 84.1 Å². The van der Waals surface area contributed by atoms with Gasteiger partial charge in [0, 0.05) is 29.6 Å². The van der Waals surface area contributed by atoms with Crippen molar-refractivity contribution in [2.75, 3.05) is 13.3 Å². The molecular weight excluding hydrogens is 542 g/mol. The Morgan fingerprint density at radius 2 is 1.63 bits per heavy atom. The van der Waals surface area contributed by atoms with Crippen molar-refractivity contribution in [1.82, 2.24) is 14.8 Å². The largest absolute Gasteiger partial charge is 0.489 e. The van der Waals surface area contributed by atoms with Gasteiger partial charge in [0.2, 0.25) is 18.6 Å². The number of rotatable bonds is 6. The SMILES string of the molecule is O=C1[C@H]2Cc3c([nH]c4ccccc34)[C@@H](c3ccc4c(c3)OCO4)N2C(=O)CN1Cc1ccc(OCc2ccccc2)cc1. The normalized spacial score (nSPS) is 19.0. The number of piperazine rings is 1. The monoisotopic (exact) mass is 571 g/mol. The van der Waals surface area contributed by atoms with Crippen LogP contribution in [0.2, 0.25) is 0 Å². The summed E-state index contributed by atoms with van der Waals surface area (Å²) < 4.78 is 17.1. The Kier molecular flexibility index (Phi) is 6.06. The number of hydrogen-bond acceptors (Lipinski definition) is 5. The Hall–Kier alpha value is -5.24. The molecule has 1 N–H and O–H groups in total. The first kappa shape index (κ1) is 25.5. The molecule has 0 spiro atoms. The van der Waals surface area contributed by atoms with E-state index in [9.17, 15) is 9.59 Å². The van der Waals surface area contributed by atoms with Gasteiger partial charge in [-0.25, -0.2) is 0 Å². The smallest absolute Gasteiger partial charge is 0.246 e. The molecule has 1 aromatic heterocycles. The summed E-state index contributed by atoms with van der Waals surface area (Å²) in [6.45, 7) is 1.01. The van der Waals surface area contributed by atoms with Crippen molar-refractivity contribution in [3.8, 4) is 17.2 Å². The molecule has 8 heteroatoms. The molecule has 0 unspecified atom stereocenters. The summed E-state index contributed by atoms with van der Waals surface area (Å²) in [6.07, 6.45) is 0.452. The predicted octanol–water partition coefficient (Wildman–Crippen LogP) is 5.36. The summed E-state index contributed by atoms with van der Waals surface area (Å²) in [6, 6.07) is 30.6. The van der Waals surface area contributed by atoms with Crippen molar-refractivity contribution >= 4 is 22.7 Å². The molecule has 1 fully saturated rings. The number of benzene rings is 4. The molecule has 0 bridgehead atoms. The minimum atomic E-state index is -0.614. The molecule has 4 aromatic carbocycles. The summed E-state index contributed by atoms with van der Waals surface area (Å²) in [5, 5.41) is 1.08. The lowest BCUT2D eigenvalue weighted by Gasteiger charge is -2.47. The Balaban J connectivity index is 1.08. The summed E-state index contributed by atoms with van der Waals surface area (Å²) >= 11 is 0. The van der Waals surface area contributed by atoms with Gasteiger partial charge in [-0.3, -0.25) is 9.59 Å². The second-order valence-electron chi connectivity index (χ2n) is 11.2. The fourth-order valence-corrected chi connectivity index (χ4v) is 6.54. The van der Waals surface area contributed by atoms with Crippen molar-refractivity contribution in [1.29, 1.82) is 0 Å². The van der Waals surface area contributed by atoms with Crippen LogP contribution in [0.25, 0.3) is 10.9 Å². The molecule has 0 aliphatic carbocycles. The number of ether oxygens (including phenoxy) is 3. The quantitative estimate of drug-likeness (QED) is 0.297. The van der Waals surface area contributed by atoms with E-state index in [1.165, 1.54) is 0 Å². The molecule has 8 nitrogen and oxygen atoms in total. The number of hydrogen-bond donors (Lipinski definition) is 1. The summed E-state index contributed by atoms with van der Waals surface area (Å²) in [5.74, 6) is 1.94. The van der Waals surface area contributed by atoms with Gasteiger partial charge in [-0.15, -0.1) is 0 Å². The van der Waals surface area contributed by atoms with Gasteiger partial charge in [0.15, 0.2) is 11.5 Å². The molecular formula is C35H29N3O5. The van der Waals surface area contributed by atoms with Gasteiger partial charge in [-0.05, 0) is 52.6 Å². The zero-order valence-corrected chi connectivity index (χ0v) is 23.4. The third kappa shape index (κ3) is 4.46. The molecule has 5 aromatic rings. The van der Waals surface area contributed by atoms with E-state index in [1.807, 2.05) is 91.0 Å². The zero-order valence-electron chi connectivity index (χ0n) is 23.4. The number of aromatic nitrogens is 1. The standard InChI is InChI=1S/C35H29N3O5/c39-32-19-37(18-22-10-13-25(14-11-22)41-20-23-6-2-1-3-7-23)35(40)29-17-27-26-8-4-5-9-28(26)36-33(27)34(38(29)32)24-12-15-30-31(16-24)43-21-42-30/h1-16,29,34,36H,17-21H2/t29-,34-/m1/s1. The number of fused-ring (bicyclic) bond motifs is 5. The molecule has 0 saturated carbocycles. The van der Waals surface area contributed by atoms with Crippen LogP contribution in [0.4, 0.5) is 0 Å². The first-order chi connectivity index (χ1) is 21.1. The highest BCUT2D eigenvalue weighted by Crippen LogP contribution is 2.45. The highest BCUT2D eigenvalue weighted by molar-refractivity contribution is 5.97. The number of aromatic amines is 1. The molecule has 4 heterocycles. The van der Waals surface area contributed by atoms with Crippen molar-refractivity contribution in [2.24, 2.45) is 0 Å². The Bertz CT molecular complexity index is 1850. The van der Waals surface area contributed by atoms with E-state index in [0.717, 1.165) is 44.6 Å². The molecule has 3 aliphatic rings. The number of amides is 2. The van der Waals surface area contributed by atoms with Gasteiger partial charge in [0.1, 0.15) is 24.9 Å². The first-order valence-corrected chi connectivity index (χ1v) is 14.5. The van der Waals surface area contributed by atoms with Crippen LogP contribution in [0.5, 0.6) is 17.2 Å². The van der Waals surface area contributed by atoms with Crippen LogP contribution >= 0.6 is 0 Å². The maximum Gasteiger partial charge on any atom is 0.246 e. The zero-order chi connectivity index (χ0) is 28.9. The van der Waals surface area contributed by atoms with E-state index in [2.05, 4.69) is 11.1 Å². The minimum absolute atomic E-state index is 0.0121.